The minimum atomic E-state index is -0.379. The molecule has 5 heteroatoms. The Morgan fingerprint density at radius 3 is 2.89 bits per heavy atom. The predicted octanol–water partition coefficient (Wildman–Crippen LogP) is 1.33. The summed E-state index contributed by atoms with van der Waals surface area (Å²) in [6, 6.07) is 8.99. The molecule has 18 heavy (non-hydrogen) atoms. The van der Waals surface area contributed by atoms with Crippen molar-refractivity contribution in [2.45, 2.75) is 13.5 Å². The number of aromatic nitrogens is 2. The second kappa shape index (κ2) is 5.46. The number of aromatic amines is 1. The van der Waals surface area contributed by atoms with Crippen molar-refractivity contribution in [2.24, 2.45) is 0 Å². The Balaban J connectivity index is 2.51. The number of nitrogens with zero attached hydrogens (tertiary/aromatic N) is 1. The van der Waals surface area contributed by atoms with Crippen LogP contribution in [0.5, 0.6) is 5.75 Å². The Hall–Kier alpha value is -2.14. The molecule has 0 unspecified atom stereocenters. The van der Waals surface area contributed by atoms with E-state index in [2.05, 4.69) is 10.2 Å². The molecule has 0 aliphatic rings. The SMILES string of the molecule is CCOc1ccccc1-c1cc(CO)c(=O)[nH]n1. The quantitative estimate of drug-likeness (QED) is 0.853. The highest BCUT2D eigenvalue weighted by Gasteiger charge is 2.09. The van der Waals surface area contributed by atoms with Gasteiger partial charge in [-0.1, -0.05) is 12.1 Å². The molecule has 0 bridgehead atoms. The predicted molar refractivity (Wildman–Crippen MR) is 67.4 cm³/mol. The summed E-state index contributed by atoms with van der Waals surface area (Å²) in [4.78, 5) is 11.3. The van der Waals surface area contributed by atoms with Crippen LogP contribution in [0, 0.1) is 0 Å². The molecule has 5 nitrogen and oxygen atoms in total. The van der Waals surface area contributed by atoms with Gasteiger partial charge < -0.3 is 9.84 Å². The molecule has 1 aromatic carbocycles. The number of H-pyrrole nitrogens is 1. The van der Waals surface area contributed by atoms with Gasteiger partial charge in [0.05, 0.1) is 18.9 Å². The van der Waals surface area contributed by atoms with E-state index in [0.29, 0.717) is 18.1 Å². The lowest BCUT2D eigenvalue weighted by Crippen LogP contribution is -2.14. The second-order valence-corrected chi connectivity index (χ2v) is 3.69. The van der Waals surface area contributed by atoms with Crippen LogP contribution in [0.15, 0.2) is 35.1 Å². The normalized spacial score (nSPS) is 10.3. The molecule has 0 amide bonds. The third-order valence-electron chi connectivity index (χ3n) is 2.51. The van der Waals surface area contributed by atoms with Crippen molar-refractivity contribution in [3.8, 4) is 17.0 Å². The summed E-state index contributed by atoms with van der Waals surface area (Å²) in [7, 11) is 0. The fourth-order valence-electron chi connectivity index (χ4n) is 1.66. The van der Waals surface area contributed by atoms with E-state index < -0.39 is 0 Å². The van der Waals surface area contributed by atoms with Crippen LogP contribution in [-0.4, -0.2) is 21.9 Å². The van der Waals surface area contributed by atoms with E-state index in [-0.39, 0.29) is 17.7 Å². The third kappa shape index (κ3) is 2.41. The maximum absolute atomic E-state index is 11.3. The fourth-order valence-corrected chi connectivity index (χ4v) is 1.66. The van der Waals surface area contributed by atoms with Crippen molar-refractivity contribution in [3.05, 3.63) is 46.2 Å². The Morgan fingerprint density at radius 1 is 1.39 bits per heavy atom. The van der Waals surface area contributed by atoms with E-state index in [9.17, 15) is 4.79 Å². The molecular weight excluding hydrogens is 232 g/mol. The van der Waals surface area contributed by atoms with Crippen LogP contribution in [0.4, 0.5) is 0 Å². The van der Waals surface area contributed by atoms with Gasteiger partial charge in [0.25, 0.3) is 5.56 Å². The van der Waals surface area contributed by atoms with Gasteiger partial charge in [0, 0.05) is 11.1 Å². The lowest BCUT2D eigenvalue weighted by Gasteiger charge is -2.09. The summed E-state index contributed by atoms with van der Waals surface area (Å²) in [6.45, 7) is 2.13. The van der Waals surface area contributed by atoms with E-state index in [4.69, 9.17) is 9.84 Å². The van der Waals surface area contributed by atoms with Gasteiger partial charge in [0.15, 0.2) is 0 Å². The number of hydrogen-bond acceptors (Lipinski definition) is 4. The first-order valence-corrected chi connectivity index (χ1v) is 5.68. The van der Waals surface area contributed by atoms with Gasteiger partial charge in [-0.25, -0.2) is 5.10 Å². The van der Waals surface area contributed by atoms with Crippen molar-refractivity contribution in [1.82, 2.24) is 10.2 Å². The third-order valence-corrected chi connectivity index (χ3v) is 2.51. The van der Waals surface area contributed by atoms with E-state index >= 15 is 0 Å². The molecule has 0 aliphatic carbocycles. The molecule has 94 valence electrons. The van der Waals surface area contributed by atoms with Crippen LogP contribution in [0.25, 0.3) is 11.3 Å². The minimum absolute atomic E-state index is 0.284. The topological polar surface area (TPSA) is 75.2 Å². The van der Waals surface area contributed by atoms with E-state index in [1.54, 1.807) is 6.07 Å². The minimum Gasteiger partial charge on any atom is -0.493 e. The Kier molecular flexibility index (Phi) is 3.74. The van der Waals surface area contributed by atoms with Crippen molar-refractivity contribution < 1.29 is 9.84 Å². The zero-order chi connectivity index (χ0) is 13.0. The summed E-state index contributed by atoms with van der Waals surface area (Å²) < 4.78 is 5.50. The molecule has 0 saturated carbocycles. The van der Waals surface area contributed by atoms with Crippen LogP contribution >= 0.6 is 0 Å². The molecule has 0 fully saturated rings. The van der Waals surface area contributed by atoms with Gasteiger partial charge >= 0.3 is 0 Å². The number of aliphatic hydroxyl groups excluding tert-OH is 1. The highest BCUT2D eigenvalue weighted by atomic mass is 16.5. The van der Waals surface area contributed by atoms with E-state index in [0.717, 1.165) is 5.56 Å². The molecule has 2 rings (SSSR count). The Bertz CT molecular complexity index is 593. The van der Waals surface area contributed by atoms with Gasteiger partial charge in [-0.05, 0) is 25.1 Å². The maximum atomic E-state index is 11.3. The highest BCUT2D eigenvalue weighted by molar-refractivity contribution is 5.66. The number of rotatable bonds is 4. The van der Waals surface area contributed by atoms with Gasteiger partial charge in [-0.2, -0.15) is 5.10 Å². The second-order valence-electron chi connectivity index (χ2n) is 3.69. The standard InChI is InChI=1S/C13H14N2O3/c1-2-18-12-6-4-3-5-10(12)11-7-9(8-16)13(17)15-14-11/h3-7,16H,2,8H2,1H3,(H,15,17). The number of para-hydroxylation sites is 1. The molecule has 1 heterocycles. The number of aliphatic hydroxyl groups is 1. The van der Waals surface area contributed by atoms with Gasteiger partial charge in [-0.15, -0.1) is 0 Å². The van der Waals surface area contributed by atoms with E-state index in [1.807, 2.05) is 31.2 Å². The summed E-state index contributed by atoms with van der Waals surface area (Å²) >= 11 is 0. The maximum Gasteiger partial charge on any atom is 0.269 e. The lowest BCUT2D eigenvalue weighted by molar-refractivity contribution is 0.280. The van der Waals surface area contributed by atoms with Crippen LogP contribution < -0.4 is 10.3 Å². The summed E-state index contributed by atoms with van der Waals surface area (Å²) in [5.41, 5.74) is 1.26. The van der Waals surface area contributed by atoms with Crippen molar-refractivity contribution >= 4 is 0 Å². The zero-order valence-corrected chi connectivity index (χ0v) is 10.0. The Morgan fingerprint density at radius 2 is 2.17 bits per heavy atom. The Labute approximate surface area is 104 Å². The molecular formula is C13H14N2O3. The summed E-state index contributed by atoms with van der Waals surface area (Å²) in [5, 5.41) is 15.4. The summed E-state index contributed by atoms with van der Waals surface area (Å²) in [6.07, 6.45) is 0. The van der Waals surface area contributed by atoms with E-state index in [1.165, 1.54) is 0 Å². The van der Waals surface area contributed by atoms with Crippen molar-refractivity contribution in [3.63, 3.8) is 0 Å². The monoisotopic (exact) mass is 246 g/mol. The number of ether oxygens (including phenoxy) is 1. The molecule has 0 radical (unpaired) electrons. The first-order chi connectivity index (χ1) is 8.76. The average molecular weight is 246 g/mol. The van der Waals surface area contributed by atoms with Crippen LogP contribution in [0.2, 0.25) is 0 Å². The molecule has 0 aliphatic heterocycles. The largest absolute Gasteiger partial charge is 0.493 e. The molecule has 0 saturated heterocycles. The van der Waals surface area contributed by atoms with Crippen LogP contribution in [0.1, 0.15) is 12.5 Å². The zero-order valence-electron chi connectivity index (χ0n) is 10.0. The first kappa shape index (κ1) is 12.3. The first-order valence-electron chi connectivity index (χ1n) is 5.68. The lowest BCUT2D eigenvalue weighted by atomic mass is 10.1. The molecule has 0 atom stereocenters. The molecule has 1 aromatic heterocycles. The van der Waals surface area contributed by atoms with Gasteiger partial charge in [0.1, 0.15) is 5.75 Å². The van der Waals surface area contributed by atoms with Crippen molar-refractivity contribution in [2.75, 3.05) is 6.61 Å². The van der Waals surface area contributed by atoms with Gasteiger partial charge in [0.2, 0.25) is 0 Å². The summed E-state index contributed by atoms with van der Waals surface area (Å²) in [5.74, 6) is 0.698. The van der Waals surface area contributed by atoms with Crippen molar-refractivity contribution in [1.29, 1.82) is 0 Å². The number of hydrogen-bond donors (Lipinski definition) is 2. The number of benzene rings is 1. The fraction of sp³-hybridized carbons (Fsp3) is 0.231. The smallest absolute Gasteiger partial charge is 0.269 e. The van der Waals surface area contributed by atoms with Gasteiger partial charge in [-0.3, -0.25) is 4.79 Å². The molecule has 2 N–H and O–H groups in total. The number of nitrogens with one attached hydrogen (secondary N) is 1. The molecule has 0 spiro atoms. The average Bonchev–Trinajstić information content (AvgIpc) is 2.40. The molecule has 2 aromatic rings. The highest BCUT2D eigenvalue weighted by Crippen LogP contribution is 2.27. The van der Waals surface area contributed by atoms with Crippen LogP contribution in [0.3, 0.4) is 0 Å². The van der Waals surface area contributed by atoms with Crippen LogP contribution in [-0.2, 0) is 6.61 Å².